The fraction of sp³-hybridized carbons (Fsp3) is 0.458. The number of carbonyl (C=O) groups excluding carboxylic acids is 1. The largest absolute Gasteiger partial charge is 0.458 e. The van der Waals surface area contributed by atoms with Crippen LogP contribution in [0.15, 0.2) is 60.7 Å². The molecule has 0 N–H and O–H groups in total. The van der Waals surface area contributed by atoms with Crippen molar-refractivity contribution >= 4 is 17.7 Å². The van der Waals surface area contributed by atoms with Gasteiger partial charge in [-0.15, -0.1) is 11.8 Å². The third-order valence-electron chi connectivity index (χ3n) is 5.77. The molecule has 0 amide bonds. The van der Waals surface area contributed by atoms with Crippen LogP contribution in [0.2, 0.25) is 0 Å². The molecule has 0 atom stereocenters. The molecule has 3 nitrogen and oxygen atoms in total. The highest BCUT2D eigenvalue weighted by Gasteiger charge is 2.44. The second-order valence-corrected chi connectivity index (χ2v) is 9.31. The van der Waals surface area contributed by atoms with Crippen molar-refractivity contribution in [2.24, 2.45) is 0 Å². The molecule has 28 heavy (non-hydrogen) atoms. The Kier molecular flexibility index (Phi) is 7.19. The molecule has 4 heteroatoms. The van der Waals surface area contributed by atoms with Crippen molar-refractivity contribution in [2.75, 3.05) is 39.0 Å². The number of ether oxygens (including phenoxy) is 1. The van der Waals surface area contributed by atoms with Gasteiger partial charge in [-0.25, -0.2) is 4.79 Å². The number of likely N-dealkylation sites (tertiary alicyclic amines) is 1. The van der Waals surface area contributed by atoms with E-state index in [4.69, 9.17) is 4.74 Å². The fourth-order valence-corrected chi connectivity index (χ4v) is 5.37. The minimum absolute atomic E-state index is 0.152. The van der Waals surface area contributed by atoms with E-state index >= 15 is 0 Å². The normalized spacial score (nSPS) is 16.5. The van der Waals surface area contributed by atoms with Crippen LogP contribution in [-0.4, -0.2) is 49.5 Å². The topological polar surface area (TPSA) is 26.3 Å². The molecule has 2 aromatic rings. The van der Waals surface area contributed by atoms with E-state index in [0.717, 1.165) is 27.9 Å². The number of thioether (sulfide) groups is 1. The zero-order valence-electron chi connectivity index (χ0n) is 17.1. The highest BCUT2D eigenvalue weighted by atomic mass is 32.2. The van der Waals surface area contributed by atoms with E-state index in [1.165, 1.54) is 32.4 Å². The summed E-state index contributed by atoms with van der Waals surface area (Å²) in [7, 11) is 2.29. The summed E-state index contributed by atoms with van der Waals surface area (Å²) < 4.78 is 6.15. The highest BCUT2D eigenvalue weighted by molar-refractivity contribution is 8.01. The van der Waals surface area contributed by atoms with E-state index in [0.29, 0.717) is 6.61 Å². The summed E-state index contributed by atoms with van der Waals surface area (Å²) in [5, 5.41) is 0. The van der Waals surface area contributed by atoms with Gasteiger partial charge in [0.2, 0.25) is 0 Å². The van der Waals surface area contributed by atoms with E-state index < -0.39 is 4.75 Å². The lowest BCUT2D eigenvalue weighted by Crippen LogP contribution is -2.50. The molecule has 150 valence electrons. The van der Waals surface area contributed by atoms with Gasteiger partial charge >= 0.3 is 5.97 Å². The van der Waals surface area contributed by atoms with Crippen molar-refractivity contribution < 1.29 is 14.0 Å². The van der Waals surface area contributed by atoms with Crippen LogP contribution in [0.5, 0.6) is 0 Å². The van der Waals surface area contributed by atoms with Crippen LogP contribution >= 0.6 is 11.8 Å². The minimum Gasteiger partial charge on any atom is -0.458 e. The fourth-order valence-electron chi connectivity index (χ4n) is 4.15. The summed E-state index contributed by atoms with van der Waals surface area (Å²) in [5.41, 5.74) is 1.97. The number of piperidine rings is 1. The summed E-state index contributed by atoms with van der Waals surface area (Å²) in [6, 6.07) is 20.1. The first-order valence-corrected chi connectivity index (χ1v) is 11.3. The molecule has 1 aliphatic heterocycles. The summed E-state index contributed by atoms with van der Waals surface area (Å²) in [5.74, 6) is 0.674. The molecule has 0 unspecified atom stereocenters. The average molecular weight is 399 g/mol. The minimum atomic E-state index is -0.822. The smallest absolute Gasteiger partial charge is 0.331 e. The van der Waals surface area contributed by atoms with Crippen LogP contribution in [0.4, 0.5) is 0 Å². The van der Waals surface area contributed by atoms with Gasteiger partial charge < -0.3 is 9.22 Å². The molecular weight excluding hydrogens is 366 g/mol. The number of carbonyl (C=O) groups is 1. The van der Waals surface area contributed by atoms with Gasteiger partial charge in [-0.3, -0.25) is 0 Å². The van der Waals surface area contributed by atoms with E-state index in [9.17, 15) is 4.79 Å². The van der Waals surface area contributed by atoms with Gasteiger partial charge in [-0.1, -0.05) is 67.6 Å². The molecule has 0 spiro atoms. The molecule has 1 aliphatic rings. The Hall–Kier alpha value is -1.78. The molecule has 1 fully saturated rings. The summed E-state index contributed by atoms with van der Waals surface area (Å²) in [6.07, 6.45) is 3.87. The summed E-state index contributed by atoms with van der Waals surface area (Å²) >= 11 is 1.64. The lowest BCUT2D eigenvalue weighted by atomic mass is 9.90. The second-order valence-electron chi connectivity index (χ2n) is 7.83. The number of benzene rings is 2. The maximum atomic E-state index is 13.6. The Bertz CT molecular complexity index is 702. The van der Waals surface area contributed by atoms with Crippen LogP contribution in [0.3, 0.4) is 0 Å². The van der Waals surface area contributed by atoms with Crippen LogP contribution in [0, 0.1) is 0 Å². The number of esters is 1. The Morgan fingerprint density at radius 2 is 1.50 bits per heavy atom. The van der Waals surface area contributed by atoms with Gasteiger partial charge in [0.25, 0.3) is 0 Å². The maximum absolute atomic E-state index is 13.6. The van der Waals surface area contributed by atoms with Gasteiger partial charge in [0, 0.05) is 0 Å². The quantitative estimate of drug-likeness (QED) is 0.469. The summed E-state index contributed by atoms with van der Waals surface area (Å²) in [6.45, 7) is 5.83. The molecule has 2 aromatic carbocycles. The lowest BCUT2D eigenvalue weighted by molar-refractivity contribution is -0.914. The average Bonchev–Trinajstić information content (AvgIpc) is 2.73. The molecule has 0 aliphatic carbocycles. The third-order valence-corrected chi connectivity index (χ3v) is 7.13. The van der Waals surface area contributed by atoms with Crippen LogP contribution < -0.4 is 0 Å². The predicted octanol–water partition coefficient (Wildman–Crippen LogP) is 4.86. The lowest BCUT2D eigenvalue weighted by Gasteiger charge is -2.38. The molecule has 1 saturated heterocycles. The first-order valence-electron chi connectivity index (χ1n) is 10.4. The zero-order chi connectivity index (χ0) is 19.9. The molecule has 1 heterocycles. The second kappa shape index (κ2) is 9.62. The van der Waals surface area contributed by atoms with Gasteiger partial charge in [0.1, 0.15) is 13.2 Å². The number of rotatable bonds is 8. The monoisotopic (exact) mass is 398 g/mol. The SMILES string of the molecule is CCSC(C(=O)OCC[N+]1(C)CCCCC1)(c1ccccc1)c1ccccc1. The number of hydrogen-bond donors (Lipinski definition) is 0. The van der Waals surface area contributed by atoms with Crippen LogP contribution in [0.25, 0.3) is 0 Å². The van der Waals surface area contributed by atoms with E-state index in [2.05, 4.69) is 14.0 Å². The first-order chi connectivity index (χ1) is 13.6. The van der Waals surface area contributed by atoms with Gasteiger partial charge in [-0.2, -0.15) is 0 Å². The van der Waals surface area contributed by atoms with Crippen molar-refractivity contribution in [1.82, 2.24) is 0 Å². The number of nitrogens with zero attached hydrogens (tertiary/aromatic N) is 1. The molecular formula is C24H32NO2S+. The molecule has 0 radical (unpaired) electrons. The van der Waals surface area contributed by atoms with E-state index in [-0.39, 0.29) is 5.97 Å². The Balaban J connectivity index is 1.84. The van der Waals surface area contributed by atoms with Crippen molar-refractivity contribution in [3.8, 4) is 0 Å². The molecule has 0 bridgehead atoms. The van der Waals surface area contributed by atoms with Gasteiger partial charge in [-0.05, 0) is 36.1 Å². The van der Waals surface area contributed by atoms with Crippen molar-refractivity contribution in [2.45, 2.75) is 30.9 Å². The van der Waals surface area contributed by atoms with Gasteiger partial charge in [0.15, 0.2) is 4.75 Å². The molecule has 3 rings (SSSR count). The van der Waals surface area contributed by atoms with E-state index in [1.54, 1.807) is 11.8 Å². The molecule has 0 saturated carbocycles. The highest BCUT2D eigenvalue weighted by Crippen LogP contribution is 2.44. The van der Waals surface area contributed by atoms with Crippen molar-refractivity contribution in [3.63, 3.8) is 0 Å². The van der Waals surface area contributed by atoms with Gasteiger partial charge in [0.05, 0.1) is 20.1 Å². The standard InChI is InChI=1S/C24H32NO2S/c1-3-28-24(21-13-7-4-8-14-21,22-15-9-5-10-16-22)23(26)27-20-19-25(2)17-11-6-12-18-25/h4-5,7-10,13-16H,3,6,11-12,17-20H2,1-2H3/q+1. The van der Waals surface area contributed by atoms with Crippen LogP contribution in [0.1, 0.15) is 37.3 Å². The summed E-state index contributed by atoms with van der Waals surface area (Å²) in [4.78, 5) is 13.6. The first kappa shape index (κ1) is 20.9. The Morgan fingerprint density at radius 3 is 2.00 bits per heavy atom. The Labute approximate surface area is 173 Å². The Morgan fingerprint density at radius 1 is 0.964 bits per heavy atom. The van der Waals surface area contributed by atoms with Crippen LogP contribution in [-0.2, 0) is 14.3 Å². The molecule has 0 aromatic heterocycles. The maximum Gasteiger partial charge on any atom is 0.331 e. The predicted molar refractivity (Wildman–Crippen MR) is 117 cm³/mol. The van der Waals surface area contributed by atoms with E-state index in [1.807, 2.05) is 60.7 Å². The number of quaternary nitrogens is 1. The number of likely N-dealkylation sites (N-methyl/N-ethyl adjacent to an activating group) is 1. The number of hydrogen-bond acceptors (Lipinski definition) is 3. The van der Waals surface area contributed by atoms with Crippen molar-refractivity contribution in [3.05, 3.63) is 71.8 Å². The third kappa shape index (κ3) is 4.61. The zero-order valence-corrected chi connectivity index (χ0v) is 17.9. The van der Waals surface area contributed by atoms with Crippen molar-refractivity contribution in [1.29, 1.82) is 0 Å².